The Labute approximate surface area is 142 Å². The molecule has 0 bridgehead atoms. The number of nitrogens with zero attached hydrogens (tertiary/aromatic N) is 1. The molecule has 0 radical (unpaired) electrons. The third-order valence-electron chi connectivity index (χ3n) is 3.26. The van der Waals surface area contributed by atoms with Crippen molar-refractivity contribution in [1.29, 1.82) is 0 Å². The van der Waals surface area contributed by atoms with Gasteiger partial charge in [-0.15, -0.1) is 22.9 Å². The third-order valence-corrected chi connectivity index (χ3v) is 7.04. The highest BCUT2D eigenvalue weighted by Crippen LogP contribution is 2.26. The van der Waals surface area contributed by atoms with Gasteiger partial charge >= 0.3 is 0 Å². The molecule has 0 saturated heterocycles. The summed E-state index contributed by atoms with van der Waals surface area (Å²) in [5.41, 5.74) is 2.51. The highest BCUT2D eigenvalue weighted by molar-refractivity contribution is 9.11. The van der Waals surface area contributed by atoms with Gasteiger partial charge in [-0.1, -0.05) is 12.1 Å². The van der Waals surface area contributed by atoms with Gasteiger partial charge in [0.05, 0.1) is 8.68 Å². The van der Waals surface area contributed by atoms with E-state index in [-0.39, 0.29) is 0 Å². The molecular formula is C14H15BrClNO2S2. The molecule has 0 aliphatic rings. The van der Waals surface area contributed by atoms with Crippen LogP contribution in [0, 0.1) is 6.92 Å². The first-order valence-corrected chi connectivity index (χ1v) is 9.84. The molecule has 1 heterocycles. The smallest absolute Gasteiger partial charge is 0.207 e. The van der Waals surface area contributed by atoms with Gasteiger partial charge in [-0.25, -0.2) is 8.42 Å². The lowest BCUT2D eigenvalue weighted by molar-refractivity contribution is 0.466. The molecule has 0 amide bonds. The van der Waals surface area contributed by atoms with Crippen LogP contribution >= 0.6 is 38.9 Å². The number of rotatable bonds is 5. The van der Waals surface area contributed by atoms with Crippen LogP contribution in [0.4, 0.5) is 0 Å². The van der Waals surface area contributed by atoms with E-state index < -0.39 is 10.0 Å². The minimum atomic E-state index is -3.53. The molecular weight excluding hydrogens is 394 g/mol. The summed E-state index contributed by atoms with van der Waals surface area (Å²) in [4.78, 5) is 0.317. The molecule has 0 aliphatic heterocycles. The SMILES string of the molecule is Cc1c(CCl)cccc1S(=O)(=O)N(C)Cc1csc(Br)c1. The molecule has 2 aromatic rings. The van der Waals surface area contributed by atoms with Gasteiger partial charge in [0.2, 0.25) is 10.0 Å². The maximum atomic E-state index is 12.7. The zero-order valence-electron chi connectivity index (χ0n) is 11.6. The fraction of sp³-hybridized carbons (Fsp3) is 0.286. The third kappa shape index (κ3) is 3.68. The number of benzene rings is 1. The van der Waals surface area contributed by atoms with E-state index in [2.05, 4.69) is 15.9 Å². The van der Waals surface area contributed by atoms with Crippen molar-refractivity contribution in [2.24, 2.45) is 0 Å². The van der Waals surface area contributed by atoms with E-state index in [1.54, 1.807) is 26.1 Å². The van der Waals surface area contributed by atoms with E-state index in [4.69, 9.17) is 11.6 Å². The van der Waals surface area contributed by atoms with Crippen LogP contribution in [0.5, 0.6) is 0 Å². The Balaban J connectivity index is 2.33. The van der Waals surface area contributed by atoms with Crippen molar-refractivity contribution in [2.75, 3.05) is 7.05 Å². The topological polar surface area (TPSA) is 37.4 Å². The molecule has 0 saturated carbocycles. The van der Waals surface area contributed by atoms with Crippen LogP contribution in [0.1, 0.15) is 16.7 Å². The predicted molar refractivity (Wildman–Crippen MR) is 91.4 cm³/mol. The summed E-state index contributed by atoms with van der Waals surface area (Å²) < 4.78 is 27.8. The van der Waals surface area contributed by atoms with Crippen LogP contribution in [-0.4, -0.2) is 19.8 Å². The molecule has 3 nitrogen and oxygen atoms in total. The largest absolute Gasteiger partial charge is 0.243 e. The average Bonchev–Trinajstić information content (AvgIpc) is 2.84. The van der Waals surface area contributed by atoms with Gasteiger partial charge in [-0.05, 0) is 57.1 Å². The van der Waals surface area contributed by atoms with Crippen molar-refractivity contribution in [3.05, 3.63) is 50.1 Å². The van der Waals surface area contributed by atoms with Crippen LogP contribution < -0.4 is 0 Å². The van der Waals surface area contributed by atoms with E-state index >= 15 is 0 Å². The van der Waals surface area contributed by atoms with Crippen molar-refractivity contribution in [3.8, 4) is 0 Å². The maximum absolute atomic E-state index is 12.7. The number of hydrogen-bond donors (Lipinski definition) is 0. The van der Waals surface area contributed by atoms with Crippen molar-refractivity contribution in [3.63, 3.8) is 0 Å². The first kappa shape index (κ1) is 17.0. The van der Waals surface area contributed by atoms with Crippen molar-refractivity contribution >= 4 is 48.9 Å². The second kappa shape index (κ2) is 6.79. The van der Waals surface area contributed by atoms with Crippen molar-refractivity contribution < 1.29 is 8.42 Å². The molecule has 0 spiro atoms. The van der Waals surface area contributed by atoms with Gasteiger partial charge in [-0.3, -0.25) is 0 Å². The Hall–Kier alpha value is -0.400. The predicted octanol–water partition coefficient (Wildman–Crippen LogP) is 4.38. The second-order valence-corrected chi connectivity index (χ2v) is 9.27. The first-order chi connectivity index (χ1) is 9.86. The molecule has 7 heteroatoms. The van der Waals surface area contributed by atoms with Gasteiger partial charge in [0.15, 0.2) is 0 Å². The fourth-order valence-corrected chi connectivity index (χ4v) is 4.94. The number of halogens is 2. The number of alkyl halides is 1. The zero-order chi connectivity index (χ0) is 15.6. The van der Waals surface area contributed by atoms with Gasteiger partial charge < -0.3 is 0 Å². The van der Waals surface area contributed by atoms with Crippen LogP contribution in [0.2, 0.25) is 0 Å². The second-order valence-electron chi connectivity index (χ2n) is 4.69. The van der Waals surface area contributed by atoms with E-state index in [1.165, 1.54) is 15.6 Å². The van der Waals surface area contributed by atoms with Crippen molar-refractivity contribution in [2.45, 2.75) is 24.2 Å². The lowest BCUT2D eigenvalue weighted by Crippen LogP contribution is -2.27. The lowest BCUT2D eigenvalue weighted by Gasteiger charge is -2.19. The summed E-state index contributed by atoms with van der Waals surface area (Å²) in [6.45, 7) is 2.13. The Morgan fingerprint density at radius 2 is 2.10 bits per heavy atom. The van der Waals surface area contributed by atoms with E-state index in [9.17, 15) is 8.42 Å². The average molecular weight is 409 g/mol. The van der Waals surface area contributed by atoms with Crippen LogP contribution in [0.25, 0.3) is 0 Å². The highest BCUT2D eigenvalue weighted by Gasteiger charge is 2.24. The highest BCUT2D eigenvalue weighted by atomic mass is 79.9. The van der Waals surface area contributed by atoms with E-state index in [1.807, 2.05) is 17.5 Å². The first-order valence-electron chi connectivity index (χ1n) is 6.20. The van der Waals surface area contributed by atoms with E-state index in [0.717, 1.165) is 14.9 Å². The monoisotopic (exact) mass is 407 g/mol. The van der Waals surface area contributed by atoms with Crippen LogP contribution in [-0.2, 0) is 22.4 Å². The molecule has 0 fully saturated rings. The number of thiophene rings is 1. The van der Waals surface area contributed by atoms with Gasteiger partial charge in [0.25, 0.3) is 0 Å². The zero-order valence-corrected chi connectivity index (χ0v) is 15.6. The van der Waals surface area contributed by atoms with Crippen molar-refractivity contribution in [1.82, 2.24) is 4.31 Å². The molecule has 0 unspecified atom stereocenters. The van der Waals surface area contributed by atoms with Crippen LogP contribution in [0.3, 0.4) is 0 Å². The molecule has 1 aromatic heterocycles. The van der Waals surface area contributed by atoms with Gasteiger partial charge in [0.1, 0.15) is 0 Å². The Morgan fingerprint density at radius 3 is 2.67 bits per heavy atom. The van der Waals surface area contributed by atoms with Crippen LogP contribution in [0.15, 0.2) is 38.3 Å². The molecule has 2 rings (SSSR count). The molecule has 21 heavy (non-hydrogen) atoms. The maximum Gasteiger partial charge on any atom is 0.243 e. The standard InChI is InChI=1S/C14H15BrClNO2S2/c1-10-12(7-16)4-3-5-13(10)21(18,19)17(2)8-11-6-14(15)20-9-11/h3-6,9H,7-8H2,1-2H3. The Morgan fingerprint density at radius 1 is 1.38 bits per heavy atom. The quantitative estimate of drug-likeness (QED) is 0.689. The summed E-state index contributed by atoms with van der Waals surface area (Å²) in [7, 11) is -1.94. The van der Waals surface area contributed by atoms with E-state index in [0.29, 0.717) is 22.9 Å². The summed E-state index contributed by atoms with van der Waals surface area (Å²) in [6.07, 6.45) is 0. The molecule has 0 aliphatic carbocycles. The fourth-order valence-electron chi connectivity index (χ4n) is 2.02. The minimum absolute atomic E-state index is 0.302. The summed E-state index contributed by atoms with van der Waals surface area (Å²) in [6, 6.07) is 7.13. The summed E-state index contributed by atoms with van der Waals surface area (Å²) in [5, 5.41) is 1.94. The normalized spacial score (nSPS) is 12.0. The van der Waals surface area contributed by atoms with Gasteiger partial charge in [0, 0.05) is 19.5 Å². The molecule has 0 N–H and O–H groups in total. The minimum Gasteiger partial charge on any atom is -0.207 e. The Bertz CT molecular complexity index is 743. The molecule has 1 aromatic carbocycles. The van der Waals surface area contributed by atoms with Gasteiger partial charge in [-0.2, -0.15) is 4.31 Å². The number of sulfonamides is 1. The number of hydrogen-bond acceptors (Lipinski definition) is 3. The Kier molecular flexibility index (Phi) is 5.48. The molecule has 0 atom stereocenters. The summed E-state index contributed by atoms with van der Waals surface area (Å²) in [5.74, 6) is 0.302. The lowest BCUT2D eigenvalue weighted by atomic mass is 10.1. The molecule has 114 valence electrons. The summed E-state index contributed by atoms with van der Waals surface area (Å²) >= 11 is 10.8.